The van der Waals surface area contributed by atoms with Crippen molar-refractivity contribution in [1.82, 2.24) is 4.98 Å². The van der Waals surface area contributed by atoms with Gasteiger partial charge in [0.1, 0.15) is 5.52 Å². The Bertz CT molecular complexity index is 552. The SMILES string of the molecule is OC1CSC2CN(c3nc4ccccc4o3)CC12. The summed E-state index contributed by atoms with van der Waals surface area (Å²) in [5.74, 6) is 1.24. The Morgan fingerprint density at radius 3 is 3.06 bits per heavy atom. The molecule has 0 bridgehead atoms. The second-order valence-electron chi connectivity index (χ2n) is 4.97. The van der Waals surface area contributed by atoms with Crippen LogP contribution in [0.4, 0.5) is 6.01 Å². The van der Waals surface area contributed by atoms with Gasteiger partial charge in [-0.1, -0.05) is 12.1 Å². The van der Waals surface area contributed by atoms with Gasteiger partial charge in [0.25, 0.3) is 6.01 Å². The molecule has 0 spiro atoms. The molecule has 4 nitrogen and oxygen atoms in total. The molecule has 2 aliphatic rings. The summed E-state index contributed by atoms with van der Waals surface area (Å²) in [5, 5.41) is 10.4. The molecule has 2 aromatic rings. The molecule has 0 amide bonds. The lowest BCUT2D eigenvalue weighted by Crippen LogP contribution is -2.25. The highest BCUT2D eigenvalue weighted by atomic mass is 32.2. The topological polar surface area (TPSA) is 49.5 Å². The van der Waals surface area contributed by atoms with Gasteiger partial charge in [-0.2, -0.15) is 16.7 Å². The maximum absolute atomic E-state index is 9.91. The average molecular weight is 262 g/mol. The van der Waals surface area contributed by atoms with Crippen LogP contribution in [0.3, 0.4) is 0 Å². The van der Waals surface area contributed by atoms with Gasteiger partial charge in [0.15, 0.2) is 5.58 Å². The van der Waals surface area contributed by atoms with E-state index in [4.69, 9.17) is 4.42 Å². The van der Waals surface area contributed by atoms with Crippen molar-refractivity contribution < 1.29 is 9.52 Å². The Labute approximate surface area is 109 Å². The number of rotatable bonds is 1. The van der Waals surface area contributed by atoms with Gasteiger partial charge < -0.3 is 14.4 Å². The van der Waals surface area contributed by atoms with Crippen molar-refractivity contribution >= 4 is 28.9 Å². The van der Waals surface area contributed by atoms with Gasteiger partial charge in [0.2, 0.25) is 0 Å². The van der Waals surface area contributed by atoms with Crippen molar-refractivity contribution in [2.45, 2.75) is 11.4 Å². The predicted molar refractivity (Wildman–Crippen MR) is 72.0 cm³/mol. The van der Waals surface area contributed by atoms with Crippen LogP contribution >= 0.6 is 11.8 Å². The van der Waals surface area contributed by atoms with Crippen molar-refractivity contribution in [1.29, 1.82) is 0 Å². The van der Waals surface area contributed by atoms with Crippen molar-refractivity contribution in [3.8, 4) is 0 Å². The lowest BCUT2D eigenvalue weighted by molar-refractivity contribution is 0.152. The molecule has 2 saturated heterocycles. The first kappa shape index (κ1) is 10.7. The van der Waals surface area contributed by atoms with E-state index in [9.17, 15) is 5.11 Å². The Hall–Kier alpha value is -1.20. The molecule has 1 N–H and O–H groups in total. The Balaban J connectivity index is 1.64. The highest BCUT2D eigenvalue weighted by molar-refractivity contribution is 8.00. The van der Waals surface area contributed by atoms with Gasteiger partial charge in [0.05, 0.1) is 6.10 Å². The van der Waals surface area contributed by atoms with Gasteiger partial charge in [-0.05, 0) is 12.1 Å². The lowest BCUT2D eigenvalue weighted by Gasteiger charge is -2.15. The molecule has 4 rings (SSSR count). The van der Waals surface area contributed by atoms with Crippen LogP contribution in [0.25, 0.3) is 11.1 Å². The van der Waals surface area contributed by atoms with Gasteiger partial charge in [0, 0.05) is 30.0 Å². The smallest absolute Gasteiger partial charge is 0.298 e. The number of oxazole rings is 1. The molecule has 3 unspecified atom stereocenters. The van der Waals surface area contributed by atoms with Crippen LogP contribution in [0.5, 0.6) is 0 Å². The van der Waals surface area contributed by atoms with Crippen molar-refractivity contribution in [2.75, 3.05) is 23.7 Å². The van der Waals surface area contributed by atoms with Crippen LogP contribution in [-0.2, 0) is 0 Å². The molecule has 94 valence electrons. The minimum atomic E-state index is -0.172. The zero-order valence-corrected chi connectivity index (χ0v) is 10.6. The zero-order valence-electron chi connectivity index (χ0n) is 9.82. The molecule has 0 aliphatic carbocycles. The number of aromatic nitrogens is 1. The predicted octanol–water partition coefficient (Wildman–Crippen LogP) is 1.74. The fourth-order valence-electron chi connectivity index (χ4n) is 2.84. The van der Waals surface area contributed by atoms with Gasteiger partial charge in [-0.25, -0.2) is 0 Å². The molecule has 1 aromatic carbocycles. The number of aliphatic hydroxyl groups is 1. The third-order valence-electron chi connectivity index (χ3n) is 3.84. The zero-order chi connectivity index (χ0) is 12.1. The molecule has 2 fully saturated rings. The first-order valence-electron chi connectivity index (χ1n) is 6.21. The number of benzene rings is 1. The van der Waals surface area contributed by atoms with E-state index in [1.807, 2.05) is 36.0 Å². The van der Waals surface area contributed by atoms with Crippen LogP contribution in [0, 0.1) is 5.92 Å². The van der Waals surface area contributed by atoms with Crippen molar-refractivity contribution in [3.05, 3.63) is 24.3 Å². The van der Waals surface area contributed by atoms with Gasteiger partial charge in [-0.15, -0.1) is 0 Å². The van der Waals surface area contributed by atoms with E-state index in [0.717, 1.165) is 29.9 Å². The molecule has 5 heteroatoms. The molecule has 1 aromatic heterocycles. The van der Waals surface area contributed by atoms with E-state index in [1.165, 1.54) is 0 Å². The normalized spacial score (nSPS) is 31.2. The summed E-state index contributed by atoms with van der Waals surface area (Å²) >= 11 is 1.87. The summed E-state index contributed by atoms with van der Waals surface area (Å²) in [6.45, 7) is 1.78. The van der Waals surface area contributed by atoms with Crippen molar-refractivity contribution in [3.63, 3.8) is 0 Å². The van der Waals surface area contributed by atoms with Crippen LogP contribution in [0.1, 0.15) is 0 Å². The number of thioether (sulfide) groups is 1. The Morgan fingerprint density at radius 2 is 2.22 bits per heavy atom. The van der Waals surface area contributed by atoms with E-state index < -0.39 is 0 Å². The average Bonchev–Trinajstić information content (AvgIpc) is 3.04. The van der Waals surface area contributed by atoms with Crippen LogP contribution in [0.2, 0.25) is 0 Å². The van der Waals surface area contributed by atoms with E-state index >= 15 is 0 Å². The number of aliphatic hydroxyl groups excluding tert-OH is 1. The second-order valence-corrected chi connectivity index (χ2v) is 6.24. The molecule has 3 atom stereocenters. The highest BCUT2D eigenvalue weighted by Gasteiger charge is 2.43. The first-order valence-corrected chi connectivity index (χ1v) is 7.26. The Morgan fingerprint density at radius 1 is 1.33 bits per heavy atom. The van der Waals surface area contributed by atoms with Crippen LogP contribution in [-0.4, -0.2) is 40.3 Å². The largest absolute Gasteiger partial charge is 0.423 e. The third-order valence-corrected chi connectivity index (χ3v) is 5.30. The van der Waals surface area contributed by atoms with Crippen LogP contribution in [0.15, 0.2) is 28.7 Å². The minimum Gasteiger partial charge on any atom is -0.423 e. The minimum absolute atomic E-state index is 0.172. The molecule has 0 saturated carbocycles. The van der Waals surface area contributed by atoms with E-state index in [0.29, 0.717) is 17.2 Å². The maximum atomic E-state index is 9.91. The standard InChI is InChI=1S/C13H14N2O2S/c16-10-7-18-12-6-15(5-8(10)12)13-14-9-3-1-2-4-11(9)17-13/h1-4,8,10,12,16H,5-7H2. The number of hydrogen-bond acceptors (Lipinski definition) is 5. The lowest BCUT2D eigenvalue weighted by atomic mass is 10.0. The summed E-state index contributed by atoms with van der Waals surface area (Å²) in [6.07, 6.45) is -0.172. The maximum Gasteiger partial charge on any atom is 0.298 e. The summed E-state index contributed by atoms with van der Waals surface area (Å²) in [7, 11) is 0. The molecule has 18 heavy (non-hydrogen) atoms. The van der Waals surface area contributed by atoms with Crippen molar-refractivity contribution in [2.24, 2.45) is 5.92 Å². The second kappa shape index (κ2) is 3.90. The molecule has 0 radical (unpaired) electrons. The van der Waals surface area contributed by atoms with Gasteiger partial charge >= 0.3 is 0 Å². The number of nitrogens with zero attached hydrogens (tertiary/aromatic N) is 2. The monoisotopic (exact) mass is 262 g/mol. The molecular formula is C13H14N2O2S. The summed E-state index contributed by atoms with van der Waals surface area (Å²) in [6, 6.07) is 8.51. The molecule has 2 aliphatic heterocycles. The fourth-order valence-corrected chi connectivity index (χ4v) is 4.33. The van der Waals surface area contributed by atoms with E-state index in [1.54, 1.807) is 0 Å². The van der Waals surface area contributed by atoms with Crippen LogP contribution < -0.4 is 4.90 Å². The highest BCUT2D eigenvalue weighted by Crippen LogP contribution is 2.40. The number of para-hydroxylation sites is 2. The molecule has 3 heterocycles. The number of fused-ring (bicyclic) bond motifs is 2. The van der Waals surface area contributed by atoms with E-state index in [-0.39, 0.29) is 6.10 Å². The molecular weight excluding hydrogens is 248 g/mol. The first-order chi connectivity index (χ1) is 8.81. The Kier molecular flexibility index (Phi) is 2.32. The quantitative estimate of drug-likeness (QED) is 0.848. The summed E-state index contributed by atoms with van der Waals surface area (Å²) in [4.78, 5) is 6.67. The number of anilines is 1. The van der Waals surface area contributed by atoms with E-state index in [2.05, 4.69) is 9.88 Å². The fraction of sp³-hybridized carbons (Fsp3) is 0.462. The summed E-state index contributed by atoms with van der Waals surface area (Å²) < 4.78 is 5.78. The third kappa shape index (κ3) is 1.54. The number of hydrogen-bond donors (Lipinski definition) is 1. The summed E-state index contributed by atoms with van der Waals surface area (Å²) in [5.41, 5.74) is 1.73. The van der Waals surface area contributed by atoms with Gasteiger partial charge in [-0.3, -0.25) is 0 Å².